The quantitative estimate of drug-likeness (QED) is 0.536. The Balaban J connectivity index is 2.23. The molecule has 2 unspecified atom stereocenters. The van der Waals surface area contributed by atoms with E-state index in [2.05, 4.69) is 12.8 Å². The Morgan fingerprint density at radius 3 is 3.00 bits per heavy atom. The predicted molar refractivity (Wildman–Crippen MR) is 38.4 cm³/mol. The summed E-state index contributed by atoms with van der Waals surface area (Å²) in [6.07, 6.45) is 7.08. The highest BCUT2D eigenvalue weighted by atomic mass is 16.7. The molecule has 0 radical (unpaired) electrons. The van der Waals surface area contributed by atoms with Crippen LogP contribution in [0.15, 0.2) is 0 Å². The molecule has 0 aromatic carbocycles. The van der Waals surface area contributed by atoms with Crippen LogP contribution in [0.1, 0.15) is 19.8 Å². The van der Waals surface area contributed by atoms with Gasteiger partial charge in [0.25, 0.3) is 0 Å². The van der Waals surface area contributed by atoms with Crippen molar-refractivity contribution in [3.8, 4) is 12.3 Å². The summed E-state index contributed by atoms with van der Waals surface area (Å²) in [4.78, 5) is 0. The molecule has 1 heterocycles. The van der Waals surface area contributed by atoms with Crippen molar-refractivity contribution in [3.63, 3.8) is 0 Å². The van der Waals surface area contributed by atoms with E-state index in [1.807, 2.05) is 0 Å². The third kappa shape index (κ3) is 1.73. The summed E-state index contributed by atoms with van der Waals surface area (Å²) in [5.41, 5.74) is 0. The third-order valence-electron chi connectivity index (χ3n) is 1.50. The van der Waals surface area contributed by atoms with Gasteiger partial charge in [-0.3, -0.25) is 0 Å². The third-order valence-corrected chi connectivity index (χ3v) is 1.50. The van der Waals surface area contributed by atoms with E-state index in [9.17, 15) is 0 Å². The standard InChI is InChI=1S/C8H12O2/c1-3-5-7-6-9-8(4-2)10-7/h2,7-8H,3,5-6H2,1H3. The van der Waals surface area contributed by atoms with Crippen molar-refractivity contribution in [2.24, 2.45) is 0 Å². The second-order valence-electron chi connectivity index (χ2n) is 2.38. The average Bonchev–Trinajstić information content (AvgIpc) is 2.37. The van der Waals surface area contributed by atoms with E-state index in [1.165, 1.54) is 0 Å². The Morgan fingerprint density at radius 2 is 2.50 bits per heavy atom. The molecule has 1 rings (SSSR count). The fourth-order valence-electron chi connectivity index (χ4n) is 1.01. The highest BCUT2D eigenvalue weighted by Crippen LogP contribution is 2.14. The van der Waals surface area contributed by atoms with Gasteiger partial charge in [-0.05, 0) is 12.3 Å². The minimum atomic E-state index is -0.392. The second-order valence-corrected chi connectivity index (χ2v) is 2.38. The topological polar surface area (TPSA) is 18.5 Å². The summed E-state index contributed by atoms with van der Waals surface area (Å²) in [7, 11) is 0. The van der Waals surface area contributed by atoms with Gasteiger partial charge in [0.15, 0.2) is 0 Å². The normalized spacial score (nSPS) is 32.0. The van der Waals surface area contributed by atoms with Gasteiger partial charge < -0.3 is 9.47 Å². The second kappa shape index (κ2) is 3.60. The van der Waals surface area contributed by atoms with Crippen LogP contribution in [-0.4, -0.2) is 19.0 Å². The zero-order valence-corrected chi connectivity index (χ0v) is 6.17. The number of rotatable bonds is 2. The van der Waals surface area contributed by atoms with E-state index < -0.39 is 6.29 Å². The Hall–Kier alpha value is -0.520. The Bertz CT molecular complexity index is 137. The first-order valence-corrected chi connectivity index (χ1v) is 3.60. The van der Waals surface area contributed by atoms with Gasteiger partial charge in [-0.25, -0.2) is 0 Å². The molecular formula is C8H12O2. The summed E-state index contributed by atoms with van der Waals surface area (Å²) in [6, 6.07) is 0. The van der Waals surface area contributed by atoms with Crippen molar-refractivity contribution in [2.75, 3.05) is 6.61 Å². The highest BCUT2D eigenvalue weighted by Gasteiger charge is 2.22. The van der Waals surface area contributed by atoms with E-state index in [4.69, 9.17) is 15.9 Å². The molecule has 0 aliphatic carbocycles. The Labute approximate surface area is 61.5 Å². The first kappa shape index (κ1) is 7.59. The van der Waals surface area contributed by atoms with Gasteiger partial charge in [0.05, 0.1) is 12.7 Å². The maximum absolute atomic E-state index is 5.29. The lowest BCUT2D eigenvalue weighted by molar-refractivity contribution is -0.0133. The lowest BCUT2D eigenvalue weighted by Gasteiger charge is -2.04. The fraction of sp³-hybridized carbons (Fsp3) is 0.750. The van der Waals surface area contributed by atoms with Gasteiger partial charge in [0.1, 0.15) is 0 Å². The molecule has 10 heavy (non-hydrogen) atoms. The van der Waals surface area contributed by atoms with E-state index in [1.54, 1.807) is 0 Å². The van der Waals surface area contributed by atoms with E-state index in [0.29, 0.717) is 6.61 Å². The minimum Gasteiger partial charge on any atom is -0.339 e. The van der Waals surface area contributed by atoms with Crippen molar-refractivity contribution in [3.05, 3.63) is 0 Å². The Morgan fingerprint density at radius 1 is 1.70 bits per heavy atom. The highest BCUT2D eigenvalue weighted by molar-refractivity contribution is 4.91. The lowest BCUT2D eigenvalue weighted by Crippen LogP contribution is -2.10. The molecule has 0 bridgehead atoms. The van der Waals surface area contributed by atoms with E-state index in [0.717, 1.165) is 12.8 Å². The molecule has 2 heteroatoms. The zero-order chi connectivity index (χ0) is 7.40. The first-order chi connectivity index (χ1) is 4.86. The van der Waals surface area contributed by atoms with Crippen LogP contribution in [0.5, 0.6) is 0 Å². The van der Waals surface area contributed by atoms with Crippen LogP contribution in [0.2, 0.25) is 0 Å². The zero-order valence-electron chi connectivity index (χ0n) is 6.17. The smallest absolute Gasteiger partial charge is 0.222 e. The van der Waals surface area contributed by atoms with Crippen LogP contribution < -0.4 is 0 Å². The fourth-order valence-corrected chi connectivity index (χ4v) is 1.01. The number of hydrogen-bond donors (Lipinski definition) is 0. The van der Waals surface area contributed by atoms with Crippen molar-refractivity contribution in [1.82, 2.24) is 0 Å². The molecule has 2 nitrogen and oxygen atoms in total. The summed E-state index contributed by atoms with van der Waals surface area (Å²) in [6.45, 7) is 2.77. The predicted octanol–water partition coefficient (Wildman–Crippen LogP) is 1.16. The Kier molecular flexibility index (Phi) is 2.73. The van der Waals surface area contributed by atoms with Crippen LogP contribution in [0, 0.1) is 12.3 Å². The van der Waals surface area contributed by atoms with E-state index >= 15 is 0 Å². The lowest BCUT2D eigenvalue weighted by atomic mass is 10.2. The van der Waals surface area contributed by atoms with Gasteiger partial charge >= 0.3 is 0 Å². The summed E-state index contributed by atoms with van der Waals surface area (Å²) in [5, 5.41) is 0. The summed E-state index contributed by atoms with van der Waals surface area (Å²) in [5.74, 6) is 2.41. The molecule has 56 valence electrons. The van der Waals surface area contributed by atoms with Gasteiger partial charge in [0, 0.05) is 0 Å². The minimum absolute atomic E-state index is 0.228. The van der Waals surface area contributed by atoms with Gasteiger partial charge in [-0.1, -0.05) is 13.3 Å². The number of terminal acetylenes is 1. The molecule has 2 atom stereocenters. The summed E-state index contributed by atoms with van der Waals surface area (Å²) >= 11 is 0. The number of ether oxygens (including phenoxy) is 2. The first-order valence-electron chi connectivity index (χ1n) is 3.60. The molecule has 1 aliphatic heterocycles. The van der Waals surface area contributed by atoms with Crippen LogP contribution in [0.25, 0.3) is 0 Å². The van der Waals surface area contributed by atoms with Crippen LogP contribution in [0.4, 0.5) is 0 Å². The molecule has 0 N–H and O–H groups in total. The molecule has 0 aromatic heterocycles. The van der Waals surface area contributed by atoms with Crippen molar-refractivity contribution < 1.29 is 9.47 Å². The molecule has 0 amide bonds. The monoisotopic (exact) mass is 140 g/mol. The molecule has 1 saturated heterocycles. The maximum Gasteiger partial charge on any atom is 0.222 e. The molecule has 0 aromatic rings. The molecule has 1 fully saturated rings. The molecule has 0 saturated carbocycles. The van der Waals surface area contributed by atoms with Crippen molar-refractivity contribution in [2.45, 2.75) is 32.2 Å². The van der Waals surface area contributed by atoms with Gasteiger partial charge in [0.2, 0.25) is 6.29 Å². The average molecular weight is 140 g/mol. The van der Waals surface area contributed by atoms with Crippen molar-refractivity contribution >= 4 is 0 Å². The SMILES string of the molecule is C#CC1OCC(CCC)O1. The van der Waals surface area contributed by atoms with Crippen LogP contribution >= 0.6 is 0 Å². The largest absolute Gasteiger partial charge is 0.339 e. The van der Waals surface area contributed by atoms with Gasteiger partial charge in [-0.15, -0.1) is 6.42 Å². The van der Waals surface area contributed by atoms with Crippen LogP contribution in [-0.2, 0) is 9.47 Å². The molecule has 1 aliphatic rings. The van der Waals surface area contributed by atoms with Crippen LogP contribution in [0.3, 0.4) is 0 Å². The summed E-state index contributed by atoms with van der Waals surface area (Å²) < 4.78 is 10.4. The van der Waals surface area contributed by atoms with E-state index in [-0.39, 0.29) is 6.10 Å². The van der Waals surface area contributed by atoms with Crippen molar-refractivity contribution in [1.29, 1.82) is 0 Å². The van der Waals surface area contributed by atoms with Gasteiger partial charge in [-0.2, -0.15) is 0 Å². The molecule has 0 spiro atoms. The maximum atomic E-state index is 5.29. The number of hydrogen-bond acceptors (Lipinski definition) is 2. The molecular weight excluding hydrogens is 128 g/mol.